The molecular weight excluding hydrogens is 328 g/mol. The first-order valence-electron chi connectivity index (χ1n) is 8.95. The smallest absolute Gasteiger partial charge is 0.243 e. The number of anilines is 2. The quantitative estimate of drug-likeness (QED) is 0.691. The summed E-state index contributed by atoms with van der Waals surface area (Å²) in [6.07, 6.45) is 0.0906. The van der Waals surface area contributed by atoms with E-state index in [0.29, 0.717) is 18.2 Å². The Morgan fingerprint density at radius 3 is 2.31 bits per heavy atom. The summed E-state index contributed by atoms with van der Waals surface area (Å²) in [6.45, 7) is 8.98. The number of rotatable bonds is 9. The van der Waals surface area contributed by atoms with Gasteiger partial charge in [-0.1, -0.05) is 26.0 Å². The van der Waals surface area contributed by atoms with Crippen molar-refractivity contribution in [2.75, 3.05) is 23.8 Å². The van der Waals surface area contributed by atoms with E-state index >= 15 is 0 Å². The second-order valence-electron chi connectivity index (χ2n) is 6.83. The van der Waals surface area contributed by atoms with Crippen molar-refractivity contribution in [3.05, 3.63) is 48.5 Å². The van der Waals surface area contributed by atoms with Crippen LogP contribution < -0.4 is 20.1 Å². The Kier molecular flexibility index (Phi) is 7.33. The predicted octanol–water partition coefficient (Wildman–Crippen LogP) is 4.56. The van der Waals surface area contributed by atoms with Gasteiger partial charge in [-0.2, -0.15) is 0 Å². The summed E-state index contributed by atoms with van der Waals surface area (Å²) in [7, 11) is 0. The number of benzene rings is 2. The number of carbonyl (C=O) groups excluding carboxylic acids is 1. The zero-order valence-corrected chi connectivity index (χ0v) is 15.9. The molecular formula is C21H28N2O3. The molecule has 2 aromatic carbocycles. The summed E-state index contributed by atoms with van der Waals surface area (Å²) in [5.41, 5.74) is 1.56. The lowest BCUT2D eigenvalue weighted by molar-refractivity contribution is -0.114. The van der Waals surface area contributed by atoms with Crippen LogP contribution in [0.15, 0.2) is 48.5 Å². The van der Waals surface area contributed by atoms with Crippen molar-refractivity contribution in [1.29, 1.82) is 0 Å². The number of hydrogen-bond donors (Lipinski definition) is 2. The monoisotopic (exact) mass is 356 g/mol. The lowest BCUT2D eigenvalue weighted by Gasteiger charge is -2.13. The number of hydrogen-bond acceptors (Lipinski definition) is 4. The van der Waals surface area contributed by atoms with Crippen molar-refractivity contribution in [2.45, 2.75) is 33.8 Å². The molecule has 0 bridgehead atoms. The largest absolute Gasteiger partial charge is 0.493 e. The molecule has 2 aromatic rings. The summed E-state index contributed by atoms with van der Waals surface area (Å²) in [5, 5.41) is 5.98. The van der Waals surface area contributed by atoms with Crippen molar-refractivity contribution in [1.82, 2.24) is 0 Å². The lowest BCUT2D eigenvalue weighted by atomic mass is 10.2. The van der Waals surface area contributed by atoms with Gasteiger partial charge in [0.1, 0.15) is 11.5 Å². The number of nitrogens with one attached hydrogen (secondary N) is 2. The van der Waals surface area contributed by atoms with Gasteiger partial charge in [-0.05, 0) is 44.0 Å². The predicted molar refractivity (Wildman–Crippen MR) is 106 cm³/mol. The molecule has 0 aliphatic rings. The van der Waals surface area contributed by atoms with E-state index in [1.54, 1.807) is 0 Å². The molecule has 0 aliphatic heterocycles. The van der Waals surface area contributed by atoms with Gasteiger partial charge < -0.3 is 20.1 Å². The van der Waals surface area contributed by atoms with Gasteiger partial charge in [0.05, 0.1) is 19.3 Å². The molecule has 5 nitrogen and oxygen atoms in total. The molecule has 0 unspecified atom stereocenters. The van der Waals surface area contributed by atoms with Crippen molar-refractivity contribution in [2.24, 2.45) is 5.92 Å². The Labute approximate surface area is 155 Å². The molecule has 0 heterocycles. The Hall–Kier alpha value is -2.69. The van der Waals surface area contributed by atoms with E-state index in [0.717, 1.165) is 17.2 Å². The van der Waals surface area contributed by atoms with Crippen LogP contribution in [0.1, 0.15) is 27.7 Å². The minimum absolute atomic E-state index is 0.0906. The van der Waals surface area contributed by atoms with Crippen molar-refractivity contribution in [3.8, 4) is 11.5 Å². The van der Waals surface area contributed by atoms with Crippen LogP contribution in [0, 0.1) is 5.92 Å². The second-order valence-corrected chi connectivity index (χ2v) is 6.83. The third-order valence-corrected chi connectivity index (χ3v) is 3.36. The third kappa shape index (κ3) is 7.05. The van der Waals surface area contributed by atoms with Gasteiger partial charge in [-0.15, -0.1) is 0 Å². The van der Waals surface area contributed by atoms with Crippen LogP contribution in [0.25, 0.3) is 0 Å². The van der Waals surface area contributed by atoms with E-state index in [1.807, 2.05) is 62.4 Å². The van der Waals surface area contributed by atoms with Gasteiger partial charge in [-0.3, -0.25) is 4.79 Å². The van der Waals surface area contributed by atoms with Gasteiger partial charge >= 0.3 is 0 Å². The third-order valence-electron chi connectivity index (χ3n) is 3.36. The van der Waals surface area contributed by atoms with Gasteiger partial charge in [0.25, 0.3) is 0 Å². The van der Waals surface area contributed by atoms with Crippen LogP contribution in [-0.4, -0.2) is 25.2 Å². The summed E-state index contributed by atoms with van der Waals surface area (Å²) in [4.78, 5) is 12.2. The highest BCUT2D eigenvalue weighted by Crippen LogP contribution is 2.19. The van der Waals surface area contributed by atoms with Crippen molar-refractivity contribution >= 4 is 17.3 Å². The molecule has 0 spiro atoms. The van der Waals surface area contributed by atoms with Crippen LogP contribution in [0.3, 0.4) is 0 Å². The molecule has 2 N–H and O–H groups in total. The normalized spacial score (nSPS) is 10.7. The highest BCUT2D eigenvalue weighted by Gasteiger charge is 2.05. The molecule has 0 atom stereocenters. The average Bonchev–Trinajstić information content (AvgIpc) is 2.58. The minimum Gasteiger partial charge on any atom is -0.493 e. The molecule has 0 saturated heterocycles. The highest BCUT2D eigenvalue weighted by molar-refractivity contribution is 5.93. The fraction of sp³-hybridized carbons (Fsp3) is 0.381. The van der Waals surface area contributed by atoms with Gasteiger partial charge in [0.2, 0.25) is 5.91 Å². The first kappa shape index (κ1) is 19.6. The maximum Gasteiger partial charge on any atom is 0.243 e. The molecule has 0 radical (unpaired) electrons. The van der Waals surface area contributed by atoms with E-state index in [1.165, 1.54) is 0 Å². The SMILES string of the molecule is CC(C)COc1cccc(NCC(=O)Nc2cccc(OC(C)C)c2)c1. The standard InChI is InChI=1S/C21H28N2O3/c1-15(2)14-25-19-9-5-7-17(11-19)22-13-21(24)23-18-8-6-10-20(12-18)26-16(3)4/h5-12,15-16,22H,13-14H2,1-4H3,(H,23,24). The highest BCUT2D eigenvalue weighted by atomic mass is 16.5. The second kappa shape index (κ2) is 9.70. The Balaban J connectivity index is 1.86. The molecule has 0 aliphatic carbocycles. The molecule has 26 heavy (non-hydrogen) atoms. The molecule has 1 amide bonds. The zero-order chi connectivity index (χ0) is 18.9. The number of carbonyl (C=O) groups is 1. The van der Waals surface area contributed by atoms with Crippen LogP contribution in [0.5, 0.6) is 11.5 Å². The molecule has 0 fully saturated rings. The number of ether oxygens (including phenoxy) is 2. The zero-order valence-electron chi connectivity index (χ0n) is 15.9. The first-order chi connectivity index (χ1) is 12.4. The Morgan fingerprint density at radius 1 is 0.962 bits per heavy atom. The van der Waals surface area contributed by atoms with Crippen LogP contribution in [-0.2, 0) is 4.79 Å². The molecule has 0 saturated carbocycles. The minimum atomic E-state index is -0.125. The Bertz CT molecular complexity index is 714. The van der Waals surface area contributed by atoms with E-state index in [2.05, 4.69) is 24.5 Å². The maximum atomic E-state index is 12.2. The van der Waals surface area contributed by atoms with Gasteiger partial charge in [0.15, 0.2) is 0 Å². The summed E-state index contributed by atoms with van der Waals surface area (Å²) >= 11 is 0. The average molecular weight is 356 g/mol. The van der Waals surface area contributed by atoms with E-state index in [9.17, 15) is 4.79 Å². The van der Waals surface area contributed by atoms with E-state index in [4.69, 9.17) is 9.47 Å². The summed E-state index contributed by atoms with van der Waals surface area (Å²) < 4.78 is 11.3. The van der Waals surface area contributed by atoms with E-state index in [-0.39, 0.29) is 18.6 Å². The summed E-state index contributed by atoms with van der Waals surface area (Å²) in [5.74, 6) is 1.87. The van der Waals surface area contributed by atoms with Gasteiger partial charge in [-0.25, -0.2) is 0 Å². The van der Waals surface area contributed by atoms with E-state index < -0.39 is 0 Å². The van der Waals surface area contributed by atoms with Crippen LogP contribution >= 0.6 is 0 Å². The fourth-order valence-electron chi connectivity index (χ4n) is 2.27. The van der Waals surface area contributed by atoms with Crippen molar-refractivity contribution < 1.29 is 14.3 Å². The van der Waals surface area contributed by atoms with Crippen LogP contribution in [0.2, 0.25) is 0 Å². The fourth-order valence-corrected chi connectivity index (χ4v) is 2.27. The summed E-state index contributed by atoms with van der Waals surface area (Å²) in [6, 6.07) is 15.0. The number of amides is 1. The molecule has 0 aromatic heterocycles. The van der Waals surface area contributed by atoms with Gasteiger partial charge in [0, 0.05) is 23.5 Å². The Morgan fingerprint density at radius 2 is 1.62 bits per heavy atom. The molecule has 2 rings (SSSR count). The van der Waals surface area contributed by atoms with Crippen LogP contribution in [0.4, 0.5) is 11.4 Å². The first-order valence-corrected chi connectivity index (χ1v) is 8.95. The topological polar surface area (TPSA) is 59.6 Å². The molecule has 140 valence electrons. The lowest BCUT2D eigenvalue weighted by Crippen LogP contribution is -2.21. The van der Waals surface area contributed by atoms with Crippen molar-refractivity contribution in [3.63, 3.8) is 0 Å². The molecule has 5 heteroatoms. The maximum absolute atomic E-state index is 12.2.